The van der Waals surface area contributed by atoms with E-state index in [4.69, 9.17) is 4.74 Å². The highest BCUT2D eigenvalue weighted by Gasteiger charge is 2.18. The van der Waals surface area contributed by atoms with E-state index >= 15 is 0 Å². The lowest BCUT2D eigenvalue weighted by atomic mass is 10.0. The van der Waals surface area contributed by atoms with E-state index in [2.05, 4.69) is 19.2 Å². The van der Waals surface area contributed by atoms with Crippen LogP contribution in [0.5, 0.6) is 0 Å². The maximum absolute atomic E-state index is 12.6. The molecule has 0 aromatic heterocycles. The summed E-state index contributed by atoms with van der Waals surface area (Å²) in [5, 5.41) is 23.3. The first-order valence-corrected chi connectivity index (χ1v) is 43.5. The summed E-state index contributed by atoms with van der Waals surface area (Å²) in [5.41, 5.74) is 0. The highest BCUT2D eigenvalue weighted by atomic mass is 16.5. The molecule has 0 saturated carbocycles. The van der Waals surface area contributed by atoms with Gasteiger partial charge in [0.25, 0.3) is 0 Å². The first-order chi connectivity index (χ1) is 46.0. The van der Waals surface area contributed by atoms with Crippen LogP contribution in [0.3, 0.4) is 0 Å². The number of esters is 1. The van der Waals surface area contributed by atoms with Gasteiger partial charge in [-0.2, -0.15) is 0 Å². The second kappa shape index (κ2) is 83.0. The second-order valence-corrected chi connectivity index (χ2v) is 30.2. The van der Waals surface area contributed by atoms with Crippen molar-refractivity contribution in [2.24, 2.45) is 0 Å². The average Bonchev–Trinajstić information content (AvgIpc) is 3.78. The molecule has 0 radical (unpaired) electrons. The zero-order valence-electron chi connectivity index (χ0n) is 63.8. The Kier molecular flexibility index (Phi) is 81.8. The van der Waals surface area contributed by atoms with E-state index in [0.717, 1.165) is 38.5 Å². The second-order valence-electron chi connectivity index (χ2n) is 30.2. The van der Waals surface area contributed by atoms with Crippen molar-refractivity contribution in [3.63, 3.8) is 0 Å². The van der Waals surface area contributed by atoms with Crippen molar-refractivity contribution in [3.05, 3.63) is 12.2 Å². The molecule has 0 aromatic carbocycles. The lowest BCUT2D eigenvalue weighted by molar-refractivity contribution is -0.143. The fraction of sp³-hybridized carbons (Fsp3) is 0.954. The van der Waals surface area contributed by atoms with Crippen LogP contribution in [0.25, 0.3) is 0 Å². The van der Waals surface area contributed by atoms with Crippen LogP contribution in [-0.4, -0.2) is 47.4 Å². The highest BCUT2D eigenvalue weighted by Crippen LogP contribution is 2.21. The number of carbonyl (C=O) groups is 2. The average molecular weight is 1310 g/mol. The van der Waals surface area contributed by atoms with E-state index in [0.29, 0.717) is 19.4 Å². The van der Waals surface area contributed by atoms with Gasteiger partial charge in [0.05, 0.1) is 25.4 Å². The molecule has 0 heterocycles. The van der Waals surface area contributed by atoms with Crippen molar-refractivity contribution in [3.8, 4) is 0 Å². The van der Waals surface area contributed by atoms with Crippen LogP contribution in [0.1, 0.15) is 508 Å². The van der Waals surface area contributed by atoms with E-state index in [1.54, 1.807) is 6.08 Å². The number of aliphatic hydroxyl groups is 2. The van der Waals surface area contributed by atoms with Crippen LogP contribution in [0.4, 0.5) is 0 Å². The molecule has 0 fully saturated rings. The summed E-state index contributed by atoms with van der Waals surface area (Å²) in [4.78, 5) is 24.7. The summed E-state index contributed by atoms with van der Waals surface area (Å²) in [6.07, 6.45) is 107. The molecule has 2 unspecified atom stereocenters. The molecule has 554 valence electrons. The number of rotatable bonds is 83. The van der Waals surface area contributed by atoms with Crippen LogP contribution in [0, 0.1) is 0 Å². The third kappa shape index (κ3) is 79.5. The largest absolute Gasteiger partial charge is 0.466 e. The van der Waals surface area contributed by atoms with Crippen molar-refractivity contribution >= 4 is 11.9 Å². The SMILES string of the molecule is CCCCCCCCCCCCCCCCCCCCCCCC/C=C/C(O)C(CO)NC(=O)CCCCCCCCCCCCCCCCCCCCCCCCCCCCCCCCCCCCCOC(=O)CCCCCCCCCCCCCCCCCCC. The minimum atomic E-state index is -0.842. The van der Waals surface area contributed by atoms with Gasteiger partial charge in [0, 0.05) is 12.8 Å². The summed E-state index contributed by atoms with van der Waals surface area (Å²) in [7, 11) is 0. The van der Waals surface area contributed by atoms with E-state index in [1.165, 1.54) is 443 Å². The number of carbonyl (C=O) groups excluding carboxylic acids is 2. The molecule has 3 N–H and O–H groups in total. The van der Waals surface area contributed by atoms with Gasteiger partial charge < -0.3 is 20.3 Å². The lowest BCUT2D eigenvalue weighted by Crippen LogP contribution is -2.45. The summed E-state index contributed by atoms with van der Waals surface area (Å²) in [6.45, 7) is 4.98. The molecular weight excluding hydrogens is 1140 g/mol. The Morgan fingerprint density at radius 3 is 0.731 bits per heavy atom. The normalized spacial score (nSPS) is 12.4. The number of aliphatic hydroxyl groups excluding tert-OH is 2. The van der Waals surface area contributed by atoms with Crippen molar-refractivity contribution in [1.29, 1.82) is 0 Å². The minimum absolute atomic E-state index is 0.0279. The van der Waals surface area contributed by atoms with E-state index in [9.17, 15) is 19.8 Å². The predicted molar refractivity (Wildman–Crippen MR) is 412 cm³/mol. The van der Waals surface area contributed by atoms with E-state index in [1.807, 2.05) is 6.08 Å². The number of hydrogen-bond acceptors (Lipinski definition) is 5. The fourth-order valence-corrected chi connectivity index (χ4v) is 14.2. The Labute approximate surface area is 584 Å². The smallest absolute Gasteiger partial charge is 0.305 e. The number of nitrogens with one attached hydrogen (secondary N) is 1. The van der Waals surface area contributed by atoms with Crippen LogP contribution in [-0.2, 0) is 14.3 Å². The van der Waals surface area contributed by atoms with Gasteiger partial charge in [-0.25, -0.2) is 0 Å². The third-order valence-corrected chi connectivity index (χ3v) is 20.8. The molecule has 0 aliphatic heterocycles. The number of ether oxygens (including phenoxy) is 1. The van der Waals surface area contributed by atoms with Crippen LogP contribution < -0.4 is 5.32 Å². The molecule has 0 saturated heterocycles. The molecule has 0 aliphatic carbocycles. The molecule has 0 bridgehead atoms. The summed E-state index contributed by atoms with van der Waals surface area (Å²) in [5.74, 6) is -0.0286. The van der Waals surface area contributed by atoms with Gasteiger partial charge >= 0.3 is 5.97 Å². The number of unbranched alkanes of at least 4 members (excludes halogenated alkanes) is 72. The monoisotopic (exact) mass is 1310 g/mol. The molecule has 0 rings (SSSR count). The molecule has 6 heteroatoms. The standard InChI is InChI=1S/C87H171NO5/c1-3-5-7-9-11-13-15-17-19-21-22-23-24-38-41-44-48-51-55-59-63-67-71-75-79-85(90)84(83-89)88-86(91)80-76-72-68-64-60-56-52-49-45-42-39-36-34-32-30-28-26-25-27-29-31-33-35-37-40-43-46-50-54-58-62-66-70-74-78-82-93-87(92)81-77-73-69-65-61-57-53-47-20-18-16-14-12-10-8-6-4-2/h75,79,84-85,89-90H,3-74,76-78,80-83H2,1-2H3,(H,88,91)/b79-75+. The third-order valence-electron chi connectivity index (χ3n) is 20.8. The molecule has 6 nitrogen and oxygen atoms in total. The van der Waals surface area contributed by atoms with Gasteiger partial charge in [-0.3, -0.25) is 9.59 Å². The zero-order valence-corrected chi connectivity index (χ0v) is 63.8. The maximum Gasteiger partial charge on any atom is 0.305 e. The maximum atomic E-state index is 12.6. The van der Waals surface area contributed by atoms with Crippen molar-refractivity contribution in [1.82, 2.24) is 5.32 Å². The summed E-state index contributed by atoms with van der Waals surface area (Å²) in [6, 6.07) is -0.625. The van der Waals surface area contributed by atoms with E-state index in [-0.39, 0.29) is 18.5 Å². The summed E-state index contributed by atoms with van der Waals surface area (Å²) < 4.78 is 5.52. The molecule has 1 amide bonds. The Hall–Kier alpha value is -1.40. The van der Waals surface area contributed by atoms with Gasteiger partial charge in [-0.05, 0) is 32.1 Å². The van der Waals surface area contributed by atoms with Gasteiger partial charge in [-0.15, -0.1) is 0 Å². The Bertz CT molecular complexity index is 1420. The fourth-order valence-electron chi connectivity index (χ4n) is 14.2. The minimum Gasteiger partial charge on any atom is -0.466 e. The lowest BCUT2D eigenvalue weighted by Gasteiger charge is -2.20. The van der Waals surface area contributed by atoms with Gasteiger partial charge in [0.15, 0.2) is 0 Å². The van der Waals surface area contributed by atoms with Crippen molar-refractivity contribution in [2.45, 2.75) is 520 Å². The molecular formula is C87H171NO5. The quantitative estimate of drug-likeness (QED) is 0.0320. The number of allylic oxidation sites excluding steroid dienone is 1. The topological polar surface area (TPSA) is 95.9 Å². The van der Waals surface area contributed by atoms with Crippen molar-refractivity contribution < 1.29 is 24.5 Å². The molecule has 93 heavy (non-hydrogen) atoms. The predicted octanol–water partition coefficient (Wildman–Crippen LogP) is 29.0. The first kappa shape index (κ1) is 91.6. The van der Waals surface area contributed by atoms with Crippen molar-refractivity contribution in [2.75, 3.05) is 13.2 Å². The Morgan fingerprint density at radius 1 is 0.290 bits per heavy atom. The van der Waals surface area contributed by atoms with Crippen LogP contribution in [0.15, 0.2) is 12.2 Å². The van der Waals surface area contributed by atoms with E-state index < -0.39 is 12.1 Å². The first-order valence-electron chi connectivity index (χ1n) is 43.5. The zero-order chi connectivity index (χ0) is 67.0. The van der Waals surface area contributed by atoms with Gasteiger partial charge in [0.2, 0.25) is 5.91 Å². The van der Waals surface area contributed by atoms with Gasteiger partial charge in [0.1, 0.15) is 0 Å². The molecule has 0 aromatic rings. The number of amides is 1. The number of hydrogen-bond donors (Lipinski definition) is 3. The van der Waals surface area contributed by atoms with Crippen LogP contribution in [0.2, 0.25) is 0 Å². The Morgan fingerprint density at radius 2 is 0.495 bits per heavy atom. The molecule has 2 atom stereocenters. The molecule has 0 aliphatic rings. The Balaban J connectivity index is 3.32. The summed E-state index contributed by atoms with van der Waals surface area (Å²) >= 11 is 0. The van der Waals surface area contributed by atoms with Gasteiger partial charge in [-0.1, -0.05) is 475 Å². The van der Waals surface area contributed by atoms with Crippen LogP contribution >= 0.6 is 0 Å². The highest BCUT2D eigenvalue weighted by molar-refractivity contribution is 5.76. The molecule has 0 spiro atoms.